The SMILES string of the molecule is Cn1cc(N2CCCC(NS(=O)(=O)C3CC3)C2)c(=O)n(C)c1=O. The van der Waals surface area contributed by atoms with Crippen molar-refractivity contribution < 1.29 is 8.42 Å². The van der Waals surface area contributed by atoms with E-state index in [0.29, 0.717) is 18.8 Å². The van der Waals surface area contributed by atoms with Crippen LogP contribution in [0.2, 0.25) is 0 Å². The maximum absolute atomic E-state index is 12.3. The molecule has 0 radical (unpaired) electrons. The summed E-state index contributed by atoms with van der Waals surface area (Å²) in [5.41, 5.74) is -0.287. The molecule has 0 bridgehead atoms. The van der Waals surface area contributed by atoms with Crippen molar-refractivity contribution in [3.05, 3.63) is 27.0 Å². The molecule has 128 valence electrons. The van der Waals surface area contributed by atoms with Gasteiger partial charge in [-0.3, -0.25) is 9.36 Å². The van der Waals surface area contributed by atoms with E-state index in [1.807, 2.05) is 4.90 Å². The third-order valence-electron chi connectivity index (χ3n) is 4.48. The molecule has 1 aliphatic carbocycles. The molecule has 1 aliphatic heterocycles. The van der Waals surface area contributed by atoms with Crippen LogP contribution in [0.4, 0.5) is 5.69 Å². The van der Waals surface area contributed by atoms with Crippen LogP contribution in [-0.2, 0) is 24.1 Å². The van der Waals surface area contributed by atoms with Crippen molar-refractivity contribution in [2.75, 3.05) is 18.0 Å². The average Bonchev–Trinajstić information content (AvgIpc) is 3.34. The number of aromatic nitrogens is 2. The summed E-state index contributed by atoms with van der Waals surface area (Å²) >= 11 is 0. The molecule has 1 unspecified atom stereocenters. The Morgan fingerprint density at radius 3 is 2.52 bits per heavy atom. The minimum absolute atomic E-state index is 0.198. The minimum atomic E-state index is -3.24. The largest absolute Gasteiger partial charge is 0.364 e. The first-order valence-electron chi connectivity index (χ1n) is 7.82. The highest BCUT2D eigenvalue weighted by atomic mass is 32.2. The van der Waals surface area contributed by atoms with Gasteiger partial charge < -0.3 is 9.47 Å². The fourth-order valence-electron chi connectivity index (χ4n) is 3.01. The summed E-state index contributed by atoms with van der Waals surface area (Å²) in [7, 11) is -0.191. The molecule has 8 nitrogen and oxygen atoms in total. The number of anilines is 1. The van der Waals surface area contributed by atoms with E-state index in [1.165, 1.54) is 17.8 Å². The zero-order valence-corrected chi connectivity index (χ0v) is 14.2. The van der Waals surface area contributed by atoms with Gasteiger partial charge in [-0.1, -0.05) is 0 Å². The van der Waals surface area contributed by atoms with Gasteiger partial charge in [-0.25, -0.2) is 17.9 Å². The normalized spacial score (nSPS) is 22.3. The van der Waals surface area contributed by atoms with Gasteiger partial charge in [-0.05, 0) is 25.7 Å². The zero-order chi connectivity index (χ0) is 16.8. The Kier molecular flexibility index (Phi) is 4.09. The van der Waals surface area contributed by atoms with Crippen LogP contribution in [0.5, 0.6) is 0 Å². The highest BCUT2D eigenvalue weighted by Crippen LogP contribution is 2.28. The van der Waals surface area contributed by atoms with Crippen LogP contribution >= 0.6 is 0 Å². The maximum Gasteiger partial charge on any atom is 0.330 e. The fourth-order valence-corrected chi connectivity index (χ4v) is 4.61. The predicted octanol–water partition coefficient (Wildman–Crippen LogP) is -0.865. The molecule has 2 aliphatic rings. The first-order valence-corrected chi connectivity index (χ1v) is 9.37. The first-order chi connectivity index (χ1) is 10.8. The molecule has 1 atom stereocenters. The summed E-state index contributed by atoms with van der Waals surface area (Å²) in [4.78, 5) is 26.0. The van der Waals surface area contributed by atoms with Gasteiger partial charge in [0.2, 0.25) is 10.0 Å². The van der Waals surface area contributed by atoms with Gasteiger partial charge in [0.1, 0.15) is 5.69 Å². The summed E-state index contributed by atoms with van der Waals surface area (Å²) in [6, 6.07) is -0.198. The Morgan fingerprint density at radius 2 is 1.87 bits per heavy atom. The number of piperidine rings is 1. The molecule has 3 rings (SSSR count). The molecule has 0 aromatic carbocycles. The Hall–Kier alpha value is -1.61. The lowest BCUT2D eigenvalue weighted by atomic mass is 10.1. The molecule has 23 heavy (non-hydrogen) atoms. The zero-order valence-electron chi connectivity index (χ0n) is 13.4. The van der Waals surface area contributed by atoms with Crippen molar-refractivity contribution >= 4 is 15.7 Å². The predicted molar refractivity (Wildman–Crippen MR) is 87.2 cm³/mol. The molecule has 1 saturated carbocycles. The number of aryl methyl sites for hydroxylation is 1. The molecule has 9 heteroatoms. The molecule has 1 N–H and O–H groups in total. The first kappa shape index (κ1) is 16.3. The summed E-state index contributed by atoms with van der Waals surface area (Å²) in [5.74, 6) is 0. The molecular weight excluding hydrogens is 320 g/mol. The van der Waals surface area contributed by atoms with Gasteiger partial charge >= 0.3 is 5.69 Å². The summed E-state index contributed by atoms with van der Waals surface area (Å²) in [6.07, 6.45) is 4.54. The van der Waals surface area contributed by atoms with E-state index in [4.69, 9.17) is 0 Å². The van der Waals surface area contributed by atoms with Crippen LogP contribution in [0, 0.1) is 0 Å². The third-order valence-corrected chi connectivity index (χ3v) is 6.50. The fraction of sp³-hybridized carbons (Fsp3) is 0.714. The number of sulfonamides is 1. The Balaban J connectivity index is 1.82. The Bertz CT molecular complexity index is 822. The number of rotatable bonds is 4. The van der Waals surface area contributed by atoms with Crippen LogP contribution in [0.1, 0.15) is 25.7 Å². The Labute approximate surface area is 134 Å². The molecule has 1 aromatic heterocycles. The summed E-state index contributed by atoms with van der Waals surface area (Å²) in [5, 5.41) is -0.247. The molecule has 2 heterocycles. The van der Waals surface area contributed by atoms with Gasteiger partial charge in [0, 0.05) is 39.4 Å². The van der Waals surface area contributed by atoms with Gasteiger partial charge in [0.15, 0.2) is 0 Å². The summed E-state index contributed by atoms with van der Waals surface area (Å²) < 4.78 is 29.4. The molecule has 0 amide bonds. The van der Waals surface area contributed by atoms with Crippen molar-refractivity contribution in [3.8, 4) is 0 Å². The summed E-state index contributed by atoms with van der Waals surface area (Å²) in [6.45, 7) is 1.12. The van der Waals surface area contributed by atoms with Crippen LogP contribution in [0.15, 0.2) is 15.8 Å². The van der Waals surface area contributed by atoms with E-state index in [-0.39, 0.29) is 22.5 Å². The van der Waals surface area contributed by atoms with Crippen molar-refractivity contribution in [2.45, 2.75) is 37.0 Å². The third kappa shape index (κ3) is 3.20. The highest BCUT2D eigenvalue weighted by Gasteiger charge is 2.37. The number of hydrogen-bond acceptors (Lipinski definition) is 5. The van der Waals surface area contributed by atoms with Crippen LogP contribution in [-0.4, -0.2) is 41.9 Å². The molecule has 1 saturated heterocycles. The topological polar surface area (TPSA) is 93.4 Å². The minimum Gasteiger partial charge on any atom is -0.364 e. The average molecular weight is 342 g/mol. The highest BCUT2D eigenvalue weighted by molar-refractivity contribution is 7.90. The molecule has 0 spiro atoms. The smallest absolute Gasteiger partial charge is 0.330 e. The number of nitrogens with zero attached hydrogens (tertiary/aromatic N) is 3. The number of hydrogen-bond donors (Lipinski definition) is 1. The van der Waals surface area contributed by atoms with Crippen LogP contribution < -0.4 is 20.9 Å². The standard InChI is InChI=1S/C14H22N4O4S/c1-16-9-12(13(19)17(2)14(16)20)18-7-3-4-10(8-18)15-23(21,22)11-5-6-11/h9-11,15H,3-8H2,1-2H3. The second kappa shape index (κ2) is 5.79. The van der Waals surface area contributed by atoms with E-state index in [0.717, 1.165) is 30.3 Å². The van der Waals surface area contributed by atoms with Gasteiger partial charge in [0.25, 0.3) is 5.56 Å². The maximum atomic E-state index is 12.3. The van der Waals surface area contributed by atoms with E-state index in [9.17, 15) is 18.0 Å². The van der Waals surface area contributed by atoms with Crippen LogP contribution in [0.3, 0.4) is 0 Å². The van der Waals surface area contributed by atoms with Crippen molar-refractivity contribution in [3.63, 3.8) is 0 Å². The lowest BCUT2D eigenvalue weighted by Crippen LogP contribution is -2.51. The lowest BCUT2D eigenvalue weighted by Gasteiger charge is -2.34. The second-order valence-electron chi connectivity index (χ2n) is 6.42. The van der Waals surface area contributed by atoms with Gasteiger partial charge in [0.05, 0.1) is 5.25 Å². The lowest BCUT2D eigenvalue weighted by molar-refractivity contribution is 0.463. The van der Waals surface area contributed by atoms with E-state index in [1.54, 1.807) is 7.05 Å². The van der Waals surface area contributed by atoms with E-state index < -0.39 is 10.0 Å². The second-order valence-corrected chi connectivity index (χ2v) is 8.41. The van der Waals surface area contributed by atoms with Gasteiger partial charge in [-0.2, -0.15) is 0 Å². The van der Waals surface area contributed by atoms with Crippen molar-refractivity contribution in [1.29, 1.82) is 0 Å². The van der Waals surface area contributed by atoms with Gasteiger partial charge in [-0.15, -0.1) is 0 Å². The van der Waals surface area contributed by atoms with E-state index >= 15 is 0 Å². The van der Waals surface area contributed by atoms with Crippen molar-refractivity contribution in [1.82, 2.24) is 13.9 Å². The molecule has 2 fully saturated rings. The monoisotopic (exact) mass is 342 g/mol. The molecule has 1 aromatic rings. The molecular formula is C14H22N4O4S. The van der Waals surface area contributed by atoms with Crippen molar-refractivity contribution in [2.24, 2.45) is 14.1 Å². The number of nitrogens with one attached hydrogen (secondary N) is 1. The Morgan fingerprint density at radius 1 is 1.17 bits per heavy atom. The van der Waals surface area contributed by atoms with E-state index in [2.05, 4.69) is 4.72 Å². The quantitative estimate of drug-likeness (QED) is 0.768. The van der Waals surface area contributed by atoms with Crippen LogP contribution in [0.25, 0.3) is 0 Å².